The lowest BCUT2D eigenvalue weighted by Crippen LogP contribution is -2.04. The molecule has 0 aliphatic heterocycles. The van der Waals surface area contributed by atoms with Crippen molar-refractivity contribution >= 4 is 11.6 Å². The van der Waals surface area contributed by atoms with Gasteiger partial charge >= 0.3 is 0 Å². The van der Waals surface area contributed by atoms with Gasteiger partial charge in [0.05, 0.1) is 6.10 Å². The van der Waals surface area contributed by atoms with Crippen molar-refractivity contribution in [3.63, 3.8) is 0 Å². The van der Waals surface area contributed by atoms with Crippen molar-refractivity contribution in [1.82, 2.24) is 0 Å². The highest BCUT2D eigenvalue weighted by molar-refractivity contribution is 6.31. The molecule has 1 aromatic rings. The minimum Gasteiger partial charge on any atom is -0.508 e. The first-order chi connectivity index (χ1) is 6.00. The maximum atomic E-state index is 9.49. The molecule has 72 valence electrons. The molecule has 0 fully saturated rings. The Bertz CT molecular complexity index is 308. The largest absolute Gasteiger partial charge is 0.508 e. The van der Waals surface area contributed by atoms with Crippen LogP contribution in [0, 0.1) is 6.92 Å². The molecule has 0 bridgehead atoms. The predicted octanol–water partition coefficient (Wildman–Crippen LogP) is 2.28. The molecule has 2 N–H and O–H groups in total. The molecule has 0 aliphatic rings. The molecule has 0 saturated carbocycles. The fraction of sp³-hybridized carbons (Fsp3) is 0.400. The predicted molar refractivity (Wildman–Crippen MR) is 53.2 cm³/mol. The first kappa shape index (κ1) is 10.4. The van der Waals surface area contributed by atoms with Crippen molar-refractivity contribution < 1.29 is 10.2 Å². The van der Waals surface area contributed by atoms with E-state index in [9.17, 15) is 5.11 Å². The number of aryl methyl sites for hydroxylation is 1. The number of benzene rings is 1. The standard InChI is InChI=1S/C10H13ClO2/c1-6-3-10(13)8(4-7(2)12)5-9(6)11/h3,5,7,12-13H,4H2,1-2H3. The fourth-order valence-corrected chi connectivity index (χ4v) is 1.38. The lowest BCUT2D eigenvalue weighted by atomic mass is 10.1. The summed E-state index contributed by atoms with van der Waals surface area (Å²) in [4.78, 5) is 0. The molecule has 2 nitrogen and oxygen atoms in total. The van der Waals surface area contributed by atoms with Crippen LogP contribution < -0.4 is 0 Å². The zero-order valence-electron chi connectivity index (χ0n) is 7.71. The second-order valence-electron chi connectivity index (χ2n) is 3.28. The Balaban J connectivity index is 3.01. The van der Waals surface area contributed by atoms with E-state index in [4.69, 9.17) is 16.7 Å². The summed E-state index contributed by atoms with van der Waals surface area (Å²) >= 11 is 5.88. The van der Waals surface area contributed by atoms with Crippen molar-refractivity contribution in [1.29, 1.82) is 0 Å². The Kier molecular flexibility index (Phi) is 3.17. The van der Waals surface area contributed by atoms with Crippen LogP contribution in [0.15, 0.2) is 12.1 Å². The van der Waals surface area contributed by atoms with Crippen molar-refractivity contribution in [3.8, 4) is 5.75 Å². The minimum atomic E-state index is -0.468. The van der Waals surface area contributed by atoms with Gasteiger partial charge in [0.1, 0.15) is 5.75 Å². The number of halogens is 1. The van der Waals surface area contributed by atoms with Crippen molar-refractivity contribution in [2.45, 2.75) is 26.4 Å². The van der Waals surface area contributed by atoms with Gasteiger partial charge in [0, 0.05) is 11.4 Å². The van der Waals surface area contributed by atoms with Crippen molar-refractivity contribution in [3.05, 3.63) is 28.3 Å². The zero-order chi connectivity index (χ0) is 10.0. The molecule has 0 spiro atoms. The summed E-state index contributed by atoms with van der Waals surface area (Å²) in [6, 6.07) is 3.30. The molecule has 0 heterocycles. The lowest BCUT2D eigenvalue weighted by molar-refractivity contribution is 0.194. The maximum absolute atomic E-state index is 9.49. The van der Waals surface area contributed by atoms with E-state index in [1.165, 1.54) is 0 Å². The van der Waals surface area contributed by atoms with Crippen LogP contribution in [0.1, 0.15) is 18.1 Å². The molecule has 0 aliphatic carbocycles. The summed E-state index contributed by atoms with van der Waals surface area (Å²) in [5.74, 6) is 0.197. The summed E-state index contributed by atoms with van der Waals surface area (Å²) in [6.45, 7) is 3.50. The molecule has 0 radical (unpaired) electrons. The van der Waals surface area contributed by atoms with Gasteiger partial charge in [0.15, 0.2) is 0 Å². The molecular weight excluding hydrogens is 188 g/mol. The quantitative estimate of drug-likeness (QED) is 0.769. The molecule has 1 rings (SSSR count). The Hall–Kier alpha value is -0.730. The SMILES string of the molecule is Cc1cc(O)c(CC(C)O)cc1Cl. The van der Waals surface area contributed by atoms with Crippen LogP contribution >= 0.6 is 11.6 Å². The molecule has 1 unspecified atom stereocenters. The van der Waals surface area contributed by atoms with E-state index in [1.807, 2.05) is 6.92 Å². The Morgan fingerprint density at radius 1 is 1.46 bits per heavy atom. The number of aliphatic hydroxyl groups excluding tert-OH is 1. The van der Waals surface area contributed by atoms with Gasteiger partial charge < -0.3 is 10.2 Å². The topological polar surface area (TPSA) is 40.5 Å². The molecule has 3 heteroatoms. The summed E-state index contributed by atoms with van der Waals surface area (Å²) < 4.78 is 0. The fourth-order valence-electron chi connectivity index (χ4n) is 1.19. The van der Waals surface area contributed by atoms with E-state index in [1.54, 1.807) is 19.1 Å². The van der Waals surface area contributed by atoms with Gasteiger partial charge in [-0.3, -0.25) is 0 Å². The van der Waals surface area contributed by atoms with Crippen LogP contribution in [0.2, 0.25) is 5.02 Å². The zero-order valence-corrected chi connectivity index (χ0v) is 8.47. The van der Waals surface area contributed by atoms with Crippen molar-refractivity contribution in [2.75, 3.05) is 0 Å². The third kappa shape index (κ3) is 2.61. The number of aromatic hydroxyl groups is 1. The van der Waals surface area contributed by atoms with Gasteiger partial charge in [-0.1, -0.05) is 11.6 Å². The number of hydrogen-bond donors (Lipinski definition) is 2. The third-order valence-corrected chi connectivity index (χ3v) is 2.28. The highest BCUT2D eigenvalue weighted by Gasteiger charge is 2.07. The summed E-state index contributed by atoms with van der Waals surface area (Å²) in [7, 11) is 0. The smallest absolute Gasteiger partial charge is 0.119 e. The van der Waals surface area contributed by atoms with E-state index >= 15 is 0 Å². The van der Waals surface area contributed by atoms with Crippen LogP contribution in [0.5, 0.6) is 5.75 Å². The van der Waals surface area contributed by atoms with E-state index in [0.29, 0.717) is 17.0 Å². The van der Waals surface area contributed by atoms with Gasteiger partial charge in [0.25, 0.3) is 0 Å². The maximum Gasteiger partial charge on any atom is 0.119 e. The molecule has 0 amide bonds. The lowest BCUT2D eigenvalue weighted by Gasteiger charge is -2.08. The summed E-state index contributed by atoms with van der Waals surface area (Å²) in [5.41, 5.74) is 1.53. The Morgan fingerprint density at radius 3 is 2.62 bits per heavy atom. The molecular formula is C10H13ClO2. The number of aliphatic hydroxyl groups is 1. The molecule has 1 atom stereocenters. The third-order valence-electron chi connectivity index (χ3n) is 1.88. The number of rotatable bonds is 2. The van der Waals surface area contributed by atoms with E-state index in [-0.39, 0.29) is 5.75 Å². The number of hydrogen-bond acceptors (Lipinski definition) is 2. The highest BCUT2D eigenvalue weighted by atomic mass is 35.5. The molecule has 1 aromatic carbocycles. The average Bonchev–Trinajstić information content (AvgIpc) is 1.99. The minimum absolute atomic E-state index is 0.197. The average molecular weight is 201 g/mol. The second kappa shape index (κ2) is 3.99. The second-order valence-corrected chi connectivity index (χ2v) is 3.69. The Labute approximate surface area is 82.8 Å². The number of phenols is 1. The highest BCUT2D eigenvalue weighted by Crippen LogP contribution is 2.26. The van der Waals surface area contributed by atoms with Gasteiger partial charge in [-0.25, -0.2) is 0 Å². The van der Waals surface area contributed by atoms with Crippen LogP contribution in [-0.2, 0) is 6.42 Å². The first-order valence-corrected chi connectivity index (χ1v) is 4.54. The Morgan fingerprint density at radius 2 is 2.08 bits per heavy atom. The van der Waals surface area contributed by atoms with Crippen LogP contribution in [-0.4, -0.2) is 16.3 Å². The normalized spacial score (nSPS) is 12.9. The number of phenolic OH excluding ortho intramolecular Hbond substituents is 1. The van der Waals surface area contributed by atoms with Crippen LogP contribution in [0.4, 0.5) is 0 Å². The van der Waals surface area contributed by atoms with E-state index < -0.39 is 6.10 Å². The monoisotopic (exact) mass is 200 g/mol. The van der Waals surface area contributed by atoms with Crippen LogP contribution in [0.3, 0.4) is 0 Å². The molecule has 13 heavy (non-hydrogen) atoms. The van der Waals surface area contributed by atoms with Gasteiger partial charge in [0.2, 0.25) is 0 Å². The van der Waals surface area contributed by atoms with Gasteiger partial charge in [-0.05, 0) is 37.1 Å². The van der Waals surface area contributed by atoms with E-state index in [0.717, 1.165) is 5.56 Å². The van der Waals surface area contributed by atoms with Crippen LogP contribution in [0.25, 0.3) is 0 Å². The summed E-state index contributed by atoms with van der Waals surface area (Å²) in [6.07, 6.45) is -0.0454. The summed E-state index contributed by atoms with van der Waals surface area (Å²) in [5, 5.41) is 19.3. The van der Waals surface area contributed by atoms with E-state index in [2.05, 4.69) is 0 Å². The molecule has 0 aromatic heterocycles. The van der Waals surface area contributed by atoms with Crippen molar-refractivity contribution in [2.24, 2.45) is 0 Å². The van der Waals surface area contributed by atoms with Gasteiger partial charge in [-0.2, -0.15) is 0 Å². The molecule has 0 saturated heterocycles. The van der Waals surface area contributed by atoms with Gasteiger partial charge in [-0.15, -0.1) is 0 Å². The first-order valence-electron chi connectivity index (χ1n) is 4.16.